The van der Waals surface area contributed by atoms with Gasteiger partial charge in [0, 0.05) is 11.6 Å². The summed E-state index contributed by atoms with van der Waals surface area (Å²) < 4.78 is 11.3. The minimum atomic E-state index is -0.560. The summed E-state index contributed by atoms with van der Waals surface area (Å²) in [4.78, 5) is 23.6. The van der Waals surface area contributed by atoms with E-state index in [1.54, 1.807) is 12.1 Å². The Labute approximate surface area is 144 Å². The average Bonchev–Trinajstić information content (AvgIpc) is 3.07. The lowest BCUT2D eigenvalue weighted by atomic mass is 10.0. The number of aryl methyl sites for hydroxylation is 2. The molecular weight excluding hydrogens is 320 g/mol. The molecule has 0 aliphatic rings. The van der Waals surface area contributed by atoms with Crippen molar-refractivity contribution in [1.29, 1.82) is 0 Å². The van der Waals surface area contributed by atoms with Gasteiger partial charge in [-0.1, -0.05) is 17.7 Å². The molecule has 0 saturated heterocycles. The van der Waals surface area contributed by atoms with Crippen LogP contribution in [0.1, 0.15) is 27.4 Å². The number of methoxy groups -OCH3 is 1. The fourth-order valence-corrected chi connectivity index (χ4v) is 2.54. The first-order valence-electron chi connectivity index (χ1n) is 7.81. The molecule has 0 amide bonds. The van der Waals surface area contributed by atoms with Crippen molar-refractivity contribution in [3.8, 4) is 11.3 Å². The molecule has 2 heterocycles. The molecule has 0 saturated carbocycles. The van der Waals surface area contributed by atoms with Gasteiger partial charge in [0.2, 0.25) is 5.76 Å². The summed E-state index contributed by atoms with van der Waals surface area (Å²) in [5, 5.41) is 4.44. The second-order valence-electron chi connectivity index (χ2n) is 5.79. The zero-order chi connectivity index (χ0) is 18.0. The summed E-state index contributed by atoms with van der Waals surface area (Å²) in [7, 11) is 1.28. The predicted octanol–water partition coefficient (Wildman–Crippen LogP) is 2.96. The van der Waals surface area contributed by atoms with Gasteiger partial charge < -0.3 is 9.15 Å². The first-order chi connectivity index (χ1) is 12.0. The van der Waals surface area contributed by atoms with Crippen molar-refractivity contribution in [2.75, 3.05) is 7.11 Å². The van der Waals surface area contributed by atoms with Gasteiger partial charge in [0.05, 0.1) is 12.8 Å². The number of hydrogen-bond donors (Lipinski definition) is 0. The van der Waals surface area contributed by atoms with E-state index in [0.717, 1.165) is 16.7 Å². The summed E-state index contributed by atoms with van der Waals surface area (Å²) in [6, 6.07) is 12.4. The van der Waals surface area contributed by atoms with Crippen molar-refractivity contribution in [1.82, 2.24) is 9.78 Å². The van der Waals surface area contributed by atoms with E-state index in [9.17, 15) is 9.59 Å². The summed E-state index contributed by atoms with van der Waals surface area (Å²) in [5.41, 5.74) is 3.64. The van der Waals surface area contributed by atoms with E-state index >= 15 is 0 Å². The van der Waals surface area contributed by atoms with E-state index < -0.39 is 5.97 Å². The molecule has 6 heteroatoms. The highest BCUT2D eigenvalue weighted by Crippen LogP contribution is 2.22. The summed E-state index contributed by atoms with van der Waals surface area (Å²) >= 11 is 0. The van der Waals surface area contributed by atoms with Crippen LogP contribution in [0.25, 0.3) is 11.3 Å². The zero-order valence-electron chi connectivity index (χ0n) is 14.3. The van der Waals surface area contributed by atoms with Gasteiger partial charge in [-0.15, -0.1) is 0 Å². The summed E-state index contributed by atoms with van der Waals surface area (Å²) in [6.07, 6.45) is 0. The van der Waals surface area contributed by atoms with Crippen LogP contribution in [-0.2, 0) is 11.3 Å². The number of nitrogens with zero attached hydrogens (tertiary/aromatic N) is 2. The molecule has 128 valence electrons. The lowest BCUT2D eigenvalue weighted by Gasteiger charge is -2.09. The molecule has 3 aromatic rings. The van der Waals surface area contributed by atoms with E-state index in [2.05, 4.69) is 9.84 Å². The van der Waals surface area contributed by atoms with Crippen LogP contribution < -0.4 is 5.56 Å². The number of hydrogen-bond acceptors (Lipinski definition) is 5. The Morgan fingerprint density at radius 1 is 1.16 bits per heavy atom. The normalized spacial score (nSPS) is 10.7. The molecular formula is C19H18N2O4. The molecule has 2 aromatic heterocycles. The number of aromatic nitrogens is 2. The monoisotopic (exact) mass is 338 g/mol. The number of furan rings is 1. The number of carbonyl (C=O) groups excluding carboxylic acids is 1. The molecule has 0 bridgehead atoms. The van der Waals surface area contributed by atoms with Crippen LogP contribution >= 0.6 is 0 Å². The van der Waals surface area contributed by atoms with Crippen molar-refractivity contribution in [2.45, 2.75) is 20.4 Å². The minimum Gasteiger partial charge on any atom is -0.463 e. The van der Waals surface area contributed by atoms with E-state index in [0.29, 0.717) is 11.5 Å². The van der Waals surface area contributed by atoms with E-state index in [-0.39, 0.29) is 17.9 Å². The van der Waals surface area contributed by atoms with Crippen LogP contribution in [0.15, 0.2) is 51.7 Å². The van der Waals surface area contributed by atoms with Crippen molar-refractivity contribution in [3.63, 3.8) is 0 Å². The first-order valence-corrected chi connectivity index (χ1v) is 7.81. The van der Waals surface area contributed by atoms with Crippen molar-refractivity contribution in [3.05, 3.63) is 75.5 Å². The van der Waals surface area contributed by atoms with Gasteiger partial charge in [-0.05, 0) is 43.7 Å². The first kappa shape index (κ1) is 16.7. The molecule has 0 N–H and O–H groups in total. The molecule has 0 spiro atoms. The third kappa shape index (κ3) is 3.52. The standard InChI is InChI=1S/C19H18N2O4/c1-12-4-5-13(2)15(10-12)16-7-9-18(22)21(20-16)11-14-6-8-17(25-14)19(23)24-3/h4-10H,11H2,1-3H3. The molecule has 0 fully saturated rings. The highest BCUT2D eigenvalue weighted by Gasteiger charge is 2.13. The third-order valence-electron chi connectivity index (χ3n) is 3.89. The predicted molar refractivity (Wildman–Crippen MR) is 92.6 cm³/mol. The number of ether oxygens (including phenoxy) is 1. The quantitative estimate of drug-likeness (QED) is 0.684. The Kier molecular flexibility index (Phi) is 4.52. The Balaban J connectivity index is 1.95. The van der Waals surface area contributed by atoms with Gasteiger partial charge in [-0.3, -0.25) is 4.79 Å². The Hall–Kier alpha value is -3.15. The Morgan fingerprint density at radius 2 is 1.96 bits per heavy atom. The molecule has 0 atom stereocenters. The lowest BCUT2D eigenvalue weighted by Crippen LogP contribution is -2.22. The number of rotatable bonds is 4. The van der Waals surface area contributed by atoms with Crippen LogP contribution in [0.3, 0.4) is 0 Å². The summed E-state index contributed by atoms with van der Waals surface area (Å²) in [6.45, 7) is 4.14. The highest BCUT2D eigenvalue weighted by atomic mass is 16.5. The van der Waals surface area contributed by atoms with Gasteiger partial charge in [0.25, 0.3) is 5.56 Å². The van der Waals surface area contributed by atoms with Gasteiger partial charge in [0.15, 0.2) is 0 Å². The maximum absolute atomic E-state index is 12.1. The van der Waals surface area contributed by atoms with Gasteiger partial charge >= 0.3 is 5.97 Å². The van der Waals surface area contributed by atoms with E-state index in [1.165, 1.54) is 23.9 Å². The average molecular weight is 338 g/mol. The molecule has 0 aliphatic heterocycles. The molecule has 6 nitrogen and oxygen atoms in total. The van der Waals surface area contributed by atoms with Crippen LogP contribution in [0.5, 0.6) is 0 Å². The van der Waals surface area contributed by atoms with Gasteiger partial charge in [-0.2, -0.15) is 5.10 Å². The Bertz CT molecular complexity index is 985. The minimum absolute atomic E-state index is 0.0937. The molecule has 0 radical (unpaired) electrons. The van der Waals surface area contributed by atoms with Crippen LogP contribution in [0.4, 0.5) is 0 Å². The molecule has 0 unspecified atom stereocenters. The fourth-order valence-electron chi connectivity index (χ4n) is 2.54. The highest BCUT2D eigenvalue weighted by molar-refractivity contribution is 5.86. The Morgan fingerprint density at radius 3 is 2.72 bits per heavy atom. The lowest BCUT2D eigenvalue weighted by molar-refractivity contribution is 0.0562. The molecule has 3 rings (SSSR count). The maximum Gasteiger partial charge on any atom is 0.373 e. The largest absolute Gasteiger partial charge is 0.463 e. The van der Waals surface area contributed by atoms with Crippen molar-refractivity contribution < 1.29 is 13.9 Å². The SMILES string of the molecule is COC(=O)c1ccc(Cn2nc(-c3cc(C)ccc3C)ccc2=O)o1. The third-order valence-corrected chi connectivity index (χ3v) is 3.89. The second-order valence-corrected chi connectivity index (χ2v) is 5.79. The second kappa shape index (κ2) is 6.76. The van der Waals surface area contributed by atoms with Crippen molar-refractivity contribution >= 4 is 5.97 Å². The topological polar surface area (TPSA) is 74.3 Å². The molecule has 0 aliphatic carbocycles. The van der Waals surface area contributed by atoms with Crippen LogP contribution in [0, 0.1) is 13.8 Å². The van der Waals surface area contributed by atoms with Crippen LogP contribution in [0.2, 0.25) is 0 Å². The maximum atomic E-state index is 12.1. The van der Waals surface area contributed by atoms with E-state index in [4.69, 9.17) is 4.42 Å². The fraction of sp³-hybridized carbons (Fsp3) is 0.211. The smallest absolute Gasteiger partial charge is 0.373 e. The van der Waals surface area contributed by atoms with Crippen LogP contribution in [-0.4, -0.2) is 22.9 Å². The van der Waals surface area contributed by atoms with Gasteiger partial charge in [-0.25, -0.2) is 9.48 Å². The number of esters is 1. The zero-order valence-corrected chi connectivity index (χ0v) is 14.3. The number of carbonyl (C=O) groups is 1. The number of benzene rings is 1. The van der Waals surface area contributed by atoms with Crippen molar-refractivity contribution in [2.24, 2.45) is 0 Å². The summed E-state index contributed by atoms with van der Waals surface area (Å²) in [5.74, 6) is -0.0139. The van der Waals surface area contributed by atoms with Gasteiger partial charge in [0.1, 0.15) is 12.3 Å². The molecule has 25 heavy (non-hydrogen) atoms. The molecule has 1 aromatic carbocycles. The van der Waals surface area contributed by atoms with E-state index in [1.807, 2.05) is 32.0 Å².